The summed E-state index contributed by atoms with van der Waals surface area (Å²) in [6, 6.07) is 10.9. The van der Waals surface area contributed by atoms with Crippen molar-refractivity contribution in [3.8, 4) is 11.5 Å². The van der Waals surface area contributed by atoms with Crippen LogP contribution in [-0.4, -0.2) is 0 Å². The van der Waals surface area contributed by atoms with Crippen molar-refractivity contribution in [2.24, 2.45) is 5.73 Å². The van der Waals surface area contributed by atoms with Gasteiger partial charge in [-0.3, -0.25) is 0 Å². The van der Waals surface area contributed by atoms with E-state index in [0.29, 0.717) is 22.3 Å². The minimum atomic E-state index is 0.371. The lowest BCUT2D eigenvalue weighted by Gasteiger charge is -2.12. The van der Waals surface area contributed by atoms with Gasteiger partial charge < -0.3 is 10.5 Å². The molecule has 0 radical (unpaired) electrons. The summed E-state index contributed by atoms with van der Waals surface area (Å²) in [6.07, 6.45) is 0. The zero-order valence-corrected chi connectivity index (χ0v) is 11.4. The molecule has 0 aliphatic carbocycles. The molecule has 0 saturated carbocycles. The van der Waals surface area contributed by atoms with Gasteiger partial charge >= 0.3 is 0 Å². The van der Waals surface area contributed by atoms with Crippen LogP contribution >= 0.6 is 23.2 Å². The fraction of sp³-hybridized carbons (Fsp3) is 0.143. The number of benzene rings is 2. The van der Waals surface area contributed by atoms with E-state index in [9.17, 15) is 0 Å². The highest BCUT2D eigenvalue weighted by Gasteiger charge is 2.07. The molecule has 0 saturated heterocycles. The van der Waals surface area contributed by atoms with Crippen LogP contribution in [0.1, 0.15) is 11.1 Å². The Kier molecular flexibility index (Phi) is 4.12. The smallest absolute Gasteiger partial charge is 0.132 e. The van der Waals surface area contributed by atoms with E-state index in [1.54, 1.807) is 18.2 Å². The maximum absolute atomic E-state index is 5.96. The standard InChI is InChI=1S/C14H13Cl2NO/c1-9-2-3-12(16)7-14(9)18-13-5-4-11(15)6-10(13)8-17/h2-7H,8,17H2,1H3. The molecular formula is C14H13Cl2NO. The fourth-order valence-corrected chi connectivity index (χ4v) is 1.97. The fourth-order valence-electron chi connectivity index (χ4n) is 1.61. The monoisotopic (exact) mass is 281 g/mol. The highest BCUT2D eigenvalue weighted by Crippen LogP contribution is 2.31. The van der Waals surface area contributed by atoms with Crippen molar-refractivity contribution in [3.05, 3.63) is 57.6 Å². The summed E-state index contributed by atoms with van der Waals surface area (Å²) >= 11 is 11.9. The summed E-state index contributed by atoms with van der Waals surface area (Å²) in [5.74, 6) is 1.42. The van der Waals surface area contributed by atoms with Crippen LogP contribution in [0.3, 0.4) is 0 Å². The predicted octanol–water partition coefficient (Wildman–Crippen LogP) is 4.55. The van der Waals surface area contributed by atoms with Crippen LogP contribution < -0.4 is 10.5 Å². The molecule has 18 heavy (non-hydrogen) atoms. The molecule has 4 heteroatoms. The minimum Gasteiger partial charge on any atom is -0.457 e. The van der Waals surface area contributed by atoms with Crippen molar-refractivity contribution in [2.45, 2.75) is 13.5 Å². The normalized spacial score (nSPS) is 10.4. The molecule has 0 fully saturated rings. The van der Waals surface area contributed by atoms with Gasteiger partial charge in [0, 0.05) is 22.2 Å². The van der Waals surface area contributed by atoms with Crippen LogP contribution in [0.4, 0.5) is 0 Å². The maximum atomic E-state index is 5.96. The molecule has 2 nitrogen and oxygen atoms in total. The molecule has 94 valence electrons. The van der Waals surface area contributed by atoms with E-state index >= 15 is 0 Å². The third-order valence-electron chi connectivity index (χ3n) is 2.61. The Balaban J connectivity index is 2.36. The van der Waals surface area contributed by atoms with Crippen LogP contribution in [0.15, 0.2) is 36.4 Å². The molecular weight excluding hydrogens is 269 g/mol. The molecule has 0 unspecified atom stereocenters. The van der Waals surface area contributed by atoms with Crippen molar-refractivity contribution in [2.75, 3.05) is 0 Å². The minimum absolute atomic E-state index is 0.371. The van der Waals surface area contributed by atoms with E-state index in [-0.39, 0.29) is 0 Å². The third-order valence-corrected chi connectivity index (χ3v) is 3.08. The molecule has 2 aromatic rings. The Bertz CT molecular complexity index is 570. The average Bonchev–Trinajstić information content (AvgIpc) is 2.36. The van der Waals surface area contributed by atoms with E-state index in [1.165, 1.54) is 0 Å². The molecule has 2 N–H and O–H groups in total. The zero-order valence-electron chi connectivity index (χ0n) is 9.91. The lowest BCUT2D eigenvalue weighted by atomic mass is 10.2. The lowest BCUT2D eigenvalue weighted by molar-refractivity contribution is 0.473. The Hall–Kier alpha value is -1.22. The number of hydrogen-bond acceptors (Lipinski definition) is 2. The van der Waals surface area contributed by atoms with Gasteiger partial charge in [-0.1, -0.05) is 29.3 Å². The summed E-state index contributed by atoms with van der Waals surface area (Å²) in [7, 11) is 0. The summed E-state index contributed by atoms with van der Waals surface area (Å²) in [5.41, 5.74) is 7.55. The molecule has 0 aliphatic rings. The van der Waals surface area contributed by atoms with Gasteiger partial charge in [0.1, 0.15) is 11.5 Å². The van der Waals surface area contributed by atoms with Crippen LogP contribution in [0.5, 0.6) is 11.5 Å². The number of ether oxygens (including phenoxy) is 1. The second kappa shape index (κ2) is 5.61. The quantitative estimate of drug-likeness (QED) is 0.896. The summed E-state index contributed by atoms with van der Waals surface area (Å²) in [6.45, 7) is 2.33. The second-order valence-electron chi connectivity index (χ2n) is 3.97. The Morgan fingerprint density at radius 3 is 2.39 bits per heavy atom. The van der Waals surface area contributed by atoms with E-state index in [4.69, 9.17) is 33.7 Å². The number of halogens is 2. The van der Waals surface area contributed by atoms with Gasteiger partial charge in [-0.25, -0.2) is 0 Å². The number of nitrogens with two attached hydrogens (primary N) is 1. The van der Waals surface area contributed by atoms with Crippen LogP contribution in [0.25, 0.3) is 0 Å². The molecule has 0 amide bonds. The van der Waals surface area contributed by atoms with Gasteiger partial charge in [0.05, 0.1) is 0 Å². The summed E-state index contributed by atoms with van der Waals surface area (Å²) in [4.78, 5) is 0. The zero-order chi connectivity index (χ0) is 13.1. The van der Waals surface area contributed by atoms with Crippen LogP contribution in [0.2, 0.25) is 10.0 Å². The van der Waals surface area contributed by atoms with Gasteiger partial charge in [-0.2, -0.15) is 0 Å². The van der Waals surface area contributed by atoms with Gasteiger partial charge in [0.2, 0.25) is 0 Å². The first-order chi connectivity index (χ1) is 8.60. The topological polar surface area (TPSA) is 35.2 Å². The molecule has 0 aromatic heterocycles. The van der Waals surface area contributed by atoms with Gasteiger partial charge in [-0.05, 0) is 42.8 Å². The van der Waals surface area contributed by atoms with Crippen molar-refractivity contribution in [3.63, 3.8) is 0 Å². The molecule has 0 aliphatic heterocycles. The van der Waals surface area contributed by atoms with E-state index in [0.717, 1.165) is 16.9 Å². The highest BCUT2D eigenvalue weighted by molar-refractivity contribution is 6.31. The van der Waals surface area contributed by atoms with E-state index in [2.05, 4.69) is 0 Å². The molecule has 0 bridgehead atoms. The van der Waals surface area contributed by atoms with Gasteiger partial charge in [-0.15, -0.1) is 0 Å². The Morgan fingerprint density at radius 1 is 1.00 bits per heavy atom. The first kappa shape index (κ1) is 13.2. The average molecular weight is 282 g/mol. The maximum Gasteiger partial charge on any atom is 0.132 e. The van der Waals surface area contributed by atoms with Crippen molar-refractivity contribution >= 4 is 23.2 Å². The first-order valence-corrected chi connectivity index (χ1v) is 6.28. The SMILES string of the molecule is Cc1ccc(Cl)cc1Oc1ccc(Cl)cc1CN. The Labute approximate surface area is 116 Å². The third kappa shape index (κ3) is 2.96. The first-order valence-electron chi connectivity index (χ1n) is 5.52. The van der Waals surface area contributed by atoms with E-state index < -0.39 is 0 Å². The lowest BCUT2D eigenvalue weighted by Crippen LogP contribution is -2.00. The summed E-state index contributed by atoms with van der Waals surface area (Å²) < 4.78 is 5.84. The van der Waals surface area contributed by atoms with Crippen LogP contribution in [0, 0.1) is 6.92 Å². The van der Waals surface area contributed by atoms with Gasteiger partial charge in [0.15, 0.2) is 0 Å². The molecule has 2 rings (SSSR count). The summed E-state index contributed by atoms with van der Waals surface area (Å²) in [5, 5.41) is 1.28. The predicted molar refractivity (Wildman–Crippen MR) is 75.6 cm³/mol. The van der Waals surface area contributed by atoms with Crippen molar-refractivity contribution < 1.29 is 4.74 Å². The van der Waals surface area contributed by atoms with Gasteiger partial charge in [0.25, 0.3) is 0 Å². The molecule has 0 heterocycles. The Morgan fingerprint density at radius 2 is 1.67 bits per heavy atom. The molecule has 2 aromatic carbocycles. The van der Waals surface area contributed by atoms with E-state index in [1.807, 2.05) is 25.1 Å². The molecule has 0 spiro atoms. The molecule has 0 atom stereocenters. The number of rotatable bonds is 3. The highest BCUT2D eigenvalue weighted by atomic mass is 35.5. The number of aryl methyl sites for hydroxylation is 1. The second-order valence-corrected chi connectivity index (χ2v) is 4.84. The van der Waals surface area contributed by atoms with Crippen molar-refractivity contribution in [1.82, 2.24) is 0 Å². The number of hydrogen-bond donors (Lipinski definition) is 1. The van der Waals surface area contributed by atoms with Crippen molar-refractivity contribution in [1.29, 1.82) is 0 Å². The largest absolute Gasteiger partial charge is 0.457 e. The van der Waals surface area contributed by atoms with Crippen LogP contribution in [-0.2, 0) is 6.54 Å².